The highest BCUT2D eigenvalue weighted by molar-refractivity contribution is 5.72. The molecule has 4 nitrogen and oxygen atoms in total. The summed E-state index contributed by atoms with van der Waals surface area (Å²) in [4.78, 5) is 14.3. The van der Waals surface area contributed by atoms with Crippen molar-refractivity contribution in [2.75, 3.05) is 26.8 Å². The molecule has 1 aliphatic heterocycles. The fraction of sp³-hybridized carbons (Fsp3) is 0.611. The SMILES string of the molecule is CCOC(=O)[C@@H]1CCCN(Cc2cc(C)c(OC)cc2C)C1. The standard InChI is InChI=1S/C18H27NO3/c1-5-22-18(20)15-7-6-8-19(11-15)12-16-9-14(3)17(21-4)10-13(16)2/h9-10,15H,5-8,11-12H2,1-4H3/t15-/m1/s1. The van der Waals surface area contributed by atoms with Crippen molar-refractivity contribution in [3.63, 3.8) is 0 Å². The molecule has 0 aliphatic carbocycles. The third kappa shape index (κ3) is 4.01. The number of methoxy groups -OCH3 is 1. The van der Waals surface area contributed by atoms with Gasteiger partial charge in [0.1, 0.15) is 5.75 Å². The van der Waals surface area contributed by atoms with E-state index < -0.39 is 0 Å². The maximum atomic E-state index is 11.9. The van der Waals surface area contributed by atoms with E-state index in [4.69, 9.17) is 9.47 Å². The van der Waals surface area contributed by atoms with E-state index in [-0.39, 0.29) is 11.9 Å². The molecular formula is C18H27NO3. The van der Waals surface area contributed by atoms with E-state index in [0.29, 0.717) is 6.61 Å². The number of aryl methyl sites for hydroxylation is 2. The molecule has 1 heterocycles. The lowest BCUT2D eigenvalue weighted by Crippen LogP contribution is -2.39. The van der Waals surface area contributed by atoms with Crippen molar-refractivity contribution < 1.29 is 14.3 Å². The molecule has 122 valence electrons. The summed E-state index contributed by atoms with van der Waals surface area (Å²) in [7, 11) is 1.70. The van der Waals surface area contributed by atoms with Gasteiger partial charge >= 0.3 is 5.97 Å². The molecule has 2 rings (SSSR count). The number of hydrogen-bond donors (Lipinski definition) is 0. The summed E-state index contributed by atoms with van der Waals surface area (Å²) >= 11 is 0. The van der Waals surface area contributed by atoms with Crippen LogP contribution in [0.25, 0.3) is 0 Å². The molecule has 1 aromatic carbocycles. The number of benzene rings is 1. The number of piperidine rings is 1. The van der Waals surface area contributed by atoms with E-state index in [9.17, 15) is 4.79 Å². The highest BCUT2D eigenvalue weighted by Gasteiger charge is 2.27. The molecular weight excluding hydrogens is 278 g/mol. The number of hydrogen-bond acceptors (Lipinski definition) is 4. The normalized spacial score (nSPS) is 19.0. The minimum Gasteiger partial charge on any atom is -0.496 e. The van der Waals surface area contributed by atoms with Crippen molar-refractivity contribution in [1.29, 1.82) is 0 Å². The first-order valence-corrected chi connectivity index (χ1v) is 8.08. The number of carbonyl (C=O) groups is 1. The van der Waals surface area contributed by atoms with Crippen LogP contribution in [-0.2, 0) is 16.1 Å². The average molecular weight is 305 g/mol. The van der Waals surface area contributed by atoms with Gasteiger partial charge in [-0.3, -0.25) is 9.69 Å². The third-order valence-electron chi connectivity index (χ3n) is 4.37. The molecule has 4 heteroatoms. The second kappa shape index (κ2) is 7.63. The topological polar surface area (TPSA) is 38.8 Å². The second-order valence-electron chi connectivity index (χ2n) is 6.07. The molecule has 0 bridgehead atoms. The Morgan fingerprint density at radius 3 is 2.77 bits per heavy atom. The number of esters is 1. The van der Waals surface area contributed by atoms with Gasteiger partial charge in [0.2, 0.25) is 0 Å². The van der Waals surface area contributed by atoms with Gasteiger partial charge in [-0.1, -0.05) is 6.07 Å². The number of rotatable bonds is 5. The fourth-order valence-corrected chi connectivity index (χ4v) is 3.13. The van der Waals surface area contributed by atoms with Crippen molar-refractivity contribution in [2.24, 2.45) is 5.92 Å². The molecule has 1 fully saturated rings. The number of ether oxygens (including phenoxy) is 2. The van der Waals surface area contributed by atoms with Crippen molar-refractivity contribution in [3.05, 3.63) is 28.8 Å². The van der Waals surface area contributed by atoms with E-state index in [2.05, 4.69) is 30.9 Å². The molecule has 1 saturated heterocycles. The van der Waals surface area contributed by atoms with Gasteiger partial charge in [-0.2, -0.15) is 0 Å². The van der Waals surface area contributed by atoms with Crippen LogP contribution in [0.3, 0.4) is 0 Å². The predicted octanol–water partition coefficient (Wildman–Crippen LogP) is 3.09. The van der Waals surface area contributed by atoms with Crippen LogP contribution < -0.4 is 4.74 Å². The number of carbonyl (C=O) groups excluding carboxylic acids is 1. The Morgan fingerprint density at radius 1 is 1.32 bits per heavy atom. The monoisotopic (exact) mass is 305 g/mol. The third-order valence-corrected chi connectivity index (χ3v) is 4.37. The highest BCUT2D eigenvalue weighted by atomic mass is 16.5. The zero-order valence-electron chi connectivity index (χ0n) is 14.1. The van der Waals surface area contributed by atoms with Crippen LogP contribution in [-0.4, -0.2) is 37.7 Å². The van der Waals surface area contributed by atoms with Gasteiger partial charge in [-0.15, -0.1) is 0 Å². The van der Waals surface area contributed by atoms with Crippen molar-refractivity contribution in [2.45, 2.75) is 40.2 Å². The van der Waals surface area contributed by atoms with Crippen LogP contribution in [0.1, 0.15) is 36.5 Å². The minimum absolute atomic E-state index is 0.0216. The number of nitrogens with zero attached hydrogens (tertiary/aromatic N) is 1. The lowest BCUT2D eigenvalue weighted by atomic mass is 9.96. The Kier molecular flexibility index (Phi) is 5.83. The maximum Gasteiger partial charge on any atom is 0.310 e. The first kappa shape index (κ1) is 16.8. The minimum atomic E-state index is -0.0465. The summed E-state index contributed by atoms with van der Waals surface area (Å²) in [5.41, 5.74) is 3.70. The van der Waals surface area contributed by atoms with Crippen molar-refractivity contribution in [3.8, 4) is 5.75 Å². The van der Waals surface area contributed by atoms with Crippen LogP contribution in [0, 0.1) is 19.8 Å². The molecule has 0 spiro atoms. The molecule has 0 amide bonds. The predicted molar refractivity (Wildman–Crippen MR) is 87.1 cm³/mol. The summed E-state index contributed by atoms with van der Waals surface area (Å²) in [6.45, 7) is 9.23. The van der Waals surface area contributed by atoms with Crippen LogP contribution in [0.2, 0.25) is 0 Å². The first-order chi connectivity index (χ1) is 10.5. The average Bonchev–Trinajstić information content (AvgIpc) is 2.51. The van der Waals surface area contributed by atoms with Crippen LogP contribution in [0.4, 0.5) is 0 Å². The molecule has 22 heavy (non-hydrogen) atoms. The van der Waals surface area contributed by atoms with E-state index in [1.165, 1.54) is 11.1 Å². The highest BCUT2D eigenvalue weighted by Crippen LogP contribution is 2.25. The first-order valence-electron chi connectivity index (χ1n) is 8.08. The van der Waals surface area contributed by atoms with E-state index in [1.54, 1.807) is 7.11 Å². The molecule has 1 atom stereocenters. The molecule has 0 N–H and O–H groups in total. The lowest BCUT2D eigenvalue weighted by molar-refractivity contribution is -0.150. The van der Waals surface area contributed by atoms with Crippen LogP contribution in [0.5, 0.6) is 5.75 Å². The Bertz CT molecular complexity index is 527. The number of likely N-dealkylation sites (tertiary alicyclic amines) is 1. The van der Waals surface area contributed by atoms with Gasteiger partial charge in [0.15, 0.2) is 0 Å². The molecule has 0 radical (unpaired) electrons. The largest absolute Gasteiger partial charge is 0.496 e. The summed E-state index contributed by atoms with van der Waals surface area (Å²) in [5.74, 6) is 0.910. The van der Waals surface area contributed by atoms with Crippen LogP contribution >= 0.6 is 0 Å². The smallest absolute Gasteiger partial charge is 0.310 e. The van der Waals surface area contributed by atoms with Gasteiger partial charge in [0.05, 0.1) is 19.6 Å². The zero-order chi connectivity index (χ0) is 16.1. The summed E-state index contributed by atoms with van der Waals surface area (Å²) in [5, 5.41) is 0. The molecule has 1 aromatic rings. The second-order valence-corrected chi connectivity index (χ2v) is 6.07. The molecule has 0 saturated carbocycles. The van der Waals surface area contributed by atoms with E-state index >= 15 is 0 Å². The van der Waals surface area contributed by atoms with Gasteiger partial charge < -0.3 is 9.47 Å². The van der Waals surface area contributed by atoms with Gasteiger partial charge in [0.25, 0.3) is 0 Å². The Hall–Kier alpha value is -1.55. The Balaban J connectivity index is 2.04. The summed E-state index contributed by atoms with van der Waals surface area (Å²) < 4.78 is 10.5. The zero-order valence-corrected chi connectivity index (χ0v) is 14.1. The van der Waals surface area contributed by atoms with Crippen LogP contribution in [0.15, 0.2) is 12.1 Å². The Labute approximate surface area is 133 Å². The van der Waals surface area contributed by atoms with E-state index in [1.807, 2.05) is 6.92 Å². The van der Waals surface area contributed by atoms with Gasteiger partial charge in [-0.05, 0) is 62.9 Å². The van der Waals surface area contributed by atoms with Crippen molar-refractivity contribution >= 4 is 5.97 Å². The summed E-state index contributed by atoms with van der Waals surface area (Å²) in [6.07, 6.45) is 1.99. The van der Waals surface area contributed by atoms with Gasteiger partial charge in [0, 0.05) is 13.1 Å². The molecule has 0 aromatic heterocycles. The molecule has 1 aliphatic rings. The molecule has 0 unspecified atom stereocenters. The fourth-order valence-electron chi connectivity index (χ4n) is 3.13. The van der Waals surface area contributed by atoms with Gasteiger partial charge in [-0.25, -0.2) is 0 Å². The van der Waals surface area contributed by atoms with Crippen molar-refractivity contribution in [1.82, 2.24) is 4.90 Å². The quantitative estimate of drug-likeness (QED) is 0.784. The maximum absolute atomic E-state index is 11.9. The Morgan fingerprint density at radius 2 is 2.09 bits per heavy atom. The van der Waals surface area contributed by atoms with E-state index in [0.717, 1.165) is 43.8 Å². The lowest BCUT2D eigenvalue weighted by Gasteiger charge is -2.32. The summed E-state index contributed by atoms with van der Waals surface area (Å²) in [6, 6.07) is 4.29.